The molecule has 0 saturated carbocycles. The third-order valence-corrected chi connectivity index (χ3v) is 3.50. The molecular formula is C14H19FN2O3. The number of carbonyl (C=O) groups excluding carboxylic acids is 1. The van der Waals surface area contributed by atoms with E-state index in [-0.39, 0.29) is 30.2 Å². The maximum atomic E-state index is 13.0. The molecule has 3 N–H and O–H groups in total. The van der Waals surface area contributed by atoms with Gasteiger partial charge in [-0.1, -0.05) is 0 Å². The van der Waals surface area contributed by atoms with Crippen LogP contribution in [-0.2, 0) is 9.53 Å². The van der Waals surface area contributed by atoms with Crippen molar-refractivity contribution in [2.75, 3.05) is 37.8 Å². The molecule has 0 unspecified atom stereocenters. The van der Waals surface area contributed by atoms with E-state index in [2.05, 4.69) is 0 Å². The number of hydrogen-bond acceptors (Lipinski definition) is 4. The van der Waals surface area contributed by atoms with Crippen LogP contribution < -0.4 is 10.6 Å². The van der Waals surface area contributed by atoms with Gasteiger partial charge in [0.1, 0.15) is 5.82 Å². The summed E-state index contributed by atoms with van der Waals surface area (Å²) in [5, 5.41) is 9.50. The lowest BCUT2D eigenvalue weighted by molar-refractivity contribution is -0.131. The molecule has 0 radical (unpaired) electrons. The monoisotopic (exact) mass is 282 g/mol. The van der Waals surface area contributed by atoms with Gasteiger partial charge in [0.2, 0.25) is 5.91 Å². The van der Waals surface area contributed by atoms with E-state index in [1.165, 1.54) is 12.1 Å². The number of nitrogens with two attached hydrogens (primary N) is 1. The van der Waals surface area contributed by atoms with Crippen molar-refractivity contribution in [3.63, 3.8) is 0 Å². The quantitative estimate of drug-likeness (QED) is 0.764. The maximum absolute atomic E-state index is 13.0. The average Bonchev–Trinajstić information content (AvgIpc) is 2.38. The van der Waals surface area contributed by atoms with Gasteiger partial charge in [-0.25, -0.2) is 4.39 Å². The lowest BCUT2D eigenvalue weighted by Crippen LogP contribution is -2.53. The van der Waals surface area contributed by atoms with Crippen LogP contribution in [0.5, 0.6) is 0 Å². The highest BCUT2D eigenvalue weighted by atomic mass is 19.1. The molecular weight excluding hydrogens is 263 g/mol. The van der Waals surface area contributed by atoms with Gasteiger partial charge in [-0.15, -0.1) is 0 Å². The second kappa shape index (κ2) is 6.19. The molecule has 1 aliphatic rings. The number of halogens is 1. The van der Waals surface area contributed by atoms with Crippen LogP contribution >= 0.6 is 0 Å². The highest BCUT2D eigenvalue weighted by Crippen LogP contribution is 2.30. The second-order valence-electron chi connectivity index (χ2n) is 5.27. The highest BCUT2D eigenvalue weighted by Gasteiger charge is 2.39. The number of rotatable bonds is 7. The van der Waals surface area contributed by atoms with Gasteiger partial charge in [-0.05, 0) is 24.3 Å². The van der Waals surface area contributed by atoms with Gasteiger partial charge in [0.15, 0.2) is 0 Å². The minimum Gasteiger partial charge on any atom is -0.396 e. The van der Waals surface area contributed by atoms with E-state index < -0.39 is 0 Å². The molecule has 1 aromatic rings. The summed E-state index contributed by atoms with van der Waals surface area (Å²) in [6.45, 7) is 1.96. The van der Waals surface area contributed by atoms with E-state index in [9.17, 15) is 14.3 Å². The van der Waals surface area contributed by atoms with E-state index in [1.54, 1.807) is 12.1 Å². The number of ether oxygens (including phenoxy) is 1. The van der Waals surface area contributed by atoms with Crippen LogP contribution in [0.25, 0.3) is 0 Å². The van der Waals surface area contributed by atoms with Crippen molar-refractivity contribution >= 4 is 11.6 Å². The van der Waals surface area contributed by atoms with Crippen molar-refractivity contribution < 1.29 is 19.0 Å². The fourth-order valence-corrected chi connectivity index (χ4v) is 2.22. The van der Waals surface area contributed by atoms with E-state index in [0.717, 1.165) is 5.69 Å². The lowest BCUT2D eigenvalue weighted by atomic mass is 9.86. The highest BCUT2D eigenvalue weighted by molar-refractivity contribution is 5.74. The molecule has 5 nitrogen and oxygen atoms in total. The van der Waals surface area contributed by atoms with Gasteiger partial charge in [0.25, 0.3) is 0 Å². The largest absolute Gasteiger partial charge is 0.396 e. The Hall–Kier alpha value is -1.66. The Bertz CT molecular complexity index is 454. The van der Waals surface area contributed by atoms with Crippen LogP contribution in [0, 0.1) is 11.2 Å². The van der Waals surface area contributed by atoms with Crippen LogP contribution in [-0.4, -0.2) is 43.9 Å². The zero-order valence-electron chi connectivity index (χ0n) is 11.2. The molecule has 1 fully saturated rings. The minimum absolute atomic E-state index is 0.0151. The fourth-order valence-electron chi connectivity index (χ4n) is 2.22. The van der Waals surface area contributed by atoms with Crippen LogP contribution in [0.1, 0.15) is 6.42 Å². The number of anilines is 1. The Morgan fingerprint density at radius 2 is 2.05 bits per heavy atom. The number of hydrogen-bond donors (Lipinski definition) is 2. The summed E-state index contributed by atoms with van der Waals surface area (Å²) in [6, 6.07) is 6.05. The summed E-state index contributed by atoms with van der Waals surface area (Å²) in [4.78, 5) is 12.9. The SMILES string of the molecule is NC(=O)CCN(CC1(CO)COC1)c1ccc(F)cc1. The molecule has 1 heterocycles. The smallest absolute Gasteiger partial charge is 0.219 e. The van der Waals surface area contributed by atoms with Crippen molar-refractivity contribution in [1.29, 1.82) is 0 Å². The Balaban J connectivity index is 2.11. The molecule has 0 aliphatic carbocycles. The van der Waals surface area contributed by atoms with E-state index in [4.69, 9.17) is 10.5 Å². The van der Waals surface area contributed by atoms with Crippen LogP contribution in [0.4, 0.5) is 10.1 Å². The summed E-state index contributed by atoms with van der Waals surface area (Å²) in [5.41, 5.74) is 5.67. The third kappa shape index (κ3) is 3.46. The van der Waals surface area contributed by atoms with Crippen molar-refractivity contribution in [2.45, 2.75) is 6.42 Å². The standard InChI is InChI=1S/C14H19FN2O3/c15-11-1-3-12(4-2-11)17(6-5-13(16)19)7-14(8-18)9-20-10-14/h1-4,18H,5-10H2,(H2,16,19). The minimum atomic E-state index is -0.389. The van der Waals surface area contributed by atoms with Crippen molar-refractivity contribution in [3.8, 4) is 0 Å². The Morgan fingerprint density at radius 3 is 2.50 bits per heavy atom. The number of aliphatic hydroxyl groups is 1. The Kier molecular flexibility index (Phi) is 4.57. The number of nitrogens with zero attached hydrogens (tertiary/aromatic N) is 1. The zero-order chi connectivity index (χ0) is 14.6. The van der Waals surface area contributed by atoms with Gasteiger partial charge >= 0.3 is 0 Å². The number of primary amides is 1. The number of benzene rings is 1. The van der Waals surface area contributed by atoms with Crippen molar-refractivity contribution in [1.82, 2.24) is 0 Å². The van der Waals surface area contributed by atoms with Crippen molar-refractivity contribution in [2.24, 2.45) is 11.1 Å². The molecule has 6 heteroatoms. The number of aliphatic hydroxyl groups excluding tert-OH is 1. The number of amides is 1. The molecule has 0 spiro atoms. The van der Waals surface area contributed by atoms with Gasteiger partial charge in [0.05, 0.1) is 25.2 Å². The van der Waals surface area contributed by atoms with Gasteiger partial charge < -0.3 is 20.5 Å². The first-order valence-corrected chi connectivity index (χ1v) is 6.52. The Labute approximate surface area is 117 Å². The van der Waals surface area contributed by atoms with Crippen molar-refractivity contribution in [3.05, 3.63) is 30.1 Å². The van der Waals surface area contributed by atoms with Gasteiger partial charge in [-0.2, -0.15) is 0 Å². The summed E-state index contributed by atoms with van der Waals surface area (Å²) in [7, 11) is 0. The maximum Gasteiger partial charge on any atom is 0.219 e. The molecule has 1 saturated heterocycles. The molecule has 110 valence electrons. The molecule has 1 aromatic carbocycles. The van der Waals surface area contributed by atoms with E-state index in [0.29, 0.717) is 26.3 Å². The first-order valence-electron chi connectivity index (χ1n) is 6.52. The van der Waals surface area contributed by atoms with Crippen LogP contribution in [0.15, 0.2) is 24.3 Å². The topological polar surface area (TPSA) is 75.8 Å². The second-order valence-corrected chi connectivity index (χ2v) is 5.27. The molecule has 0 bridgehead atoms. The first kappa shape index (κ1) is 14.7. The van der Waals surface area contributed by atoms with Gasteiger partial charge in [-0.3, -0.25) is 4.79 Å². The fraction of sp³-hybridized carbons (Fsp3) is 0.500. The normalized spacial score (nSPS) is 16.5. The van der Waals surface area contributed by atoms with Gasteiger partial charge in [0, 0.05) is 25.2 Å². The zero-order valence-corrected chi connectivity index (χ0v) is 11.2. The summed E-state index contributed by atoms with van der Waals surface area (Å²) >= 11 is 0. The predicted molar refractivity (Wildman–Crippen MR) is 72.8 cm³/mol. The van der Waals surface area contributed by atoms with E-state index in [1.807, 2.05) is 4.90 Å². The summed E-state index contributed by atoms with van der Waals surface area (Å²) in [5.74, 6) is -0.701. The molecule has 0 atom stereocenters. The predicted octanol–water partition coefficient (Wildman–Crippen LogP) is 0.516. The van der Waals surface area contributed by atoms with Crippen LogP contribution in [0.3, 0.4) is 0 Å². The number of carbonyl (C=O) groups is 1. The molecule has 1 amide bonds. The molecule has 0 aromatic heterocycles. The molecule has 2 rings (SSSR count). The molecule has 20 heavy (non-hydrogen) atoms. The molecule has 1 aliphatic heterocycles. The summed E-state index contributed by atoms with van der Waals surface area (Å²) < 4.78 is 18.2. The third-order valence-electron chi connectivity index (χ3n) is 3.50. The average molecular weight is 282 g/mol. The van der Waals surface area contributed by atoms with Crippen LogP contribution in [0.2, 0.25) is 0 Å². The lowest BCUT2D eigenvalue weighted by Gasteiger charge is -2.43. The summed E-state index contributed by atoms with van der Waals surface area (Å²) in [6.07, 6.45) is 0.208. The Morgan fingerprint density at radius 1 is 1.40 bits per heavy atom. The first-order chi connectivity index (χ1) is 9.54. The van der Waals surface area contributed by atoms with E-state index >= 15 is 0 Å².